The first-order chi connectivity index (χ1) is 12.0. The van der Waals surface area contributed by atoms with Crippen molar-refractivity contribution in [2.24, 2.45) is 10.2 Å². The van der Waals surface area contributed by atoms with Gasteiger partial charge in [-0.05, 0) is 5.56 Å². The molecule has 1 saturated heterocycles. The smallest absolute Gasteiger partial charge is 0.305 e. The normalized spacial score (nSPS) is 18.8. The average Bonchev–Trinajstić information content (AvgIpc) is 3.14. The van der Waals surface area contributed by atoms with Gasteiger partial charge in [0.15, 0.2) is 5.17 Å². The van der Waals surface area contributed by atoms with Crippen molar-refractivity contribution in [3.63, 3.8) is 0 Å². The van der Waals surface area contributed by atoms with E-state index in [0.29, 0.717) is 11.7 Å². The molecule has 0 radical (unpaired) electrons. The molecule has 1 amide bonds. The van der Waals surface area contributed by atoms with Crippen LogP contribution in [0.15, 0.2) is 39.0 Å². The lowest BCUT2D eigenvalue weighted by molar-refractivity contribution is -0.138. The summed E-state index contributed by atoms with van der Waals surface area (Å²) in [6, 6.07) is 7.29. The van der Waals surface area contributed by atoms with E-state index >= 15 is 0 Å². The minimum absolute atomic E-state index is 0.254. The summed E-state index contributed by atoms with van der Waals surface area (Å²) in [6.45, 7) is 1.72. The number of carbonyl (C=O) groups is 2. The molecule has 0 bridgehead atoms. The van der Waals surface area contributed by atoms with Gasteiger partial charge in [0.05, 0.1) is 12.6 Å². The lowest BCUT2D eigenvalue weighted by Crippen LogP contribution is -2.26. The van der Waals surface area contributed by atoms with E-state index in [2.05, 4.69) is 25.7 Å². The fourth-order valence-electron chi connectivity index (χ4n) is 2.03. The van der Waals surface area contributed by atoms with E-state index in [1.807, 2.05) is 24.3 Å². The number of benzene rings is 1. The van der Waals surface area contributed by atoms with Gasteiger partial charge in [0.2, 0.25) is 17.6 Å². The number of amidine groups is 1. The molecule has 3 rings (SSSR count). The first kappa shape index (κ1) is 16.8. The zero-order valence-electron chi connectivity index (χ0n) is 13.0. The van der Waals surface area contributed by atoms with E-state index in [4.69, 9.17) is 9.63 Å². The van der Waals surface area contributed by atoms with Gasteiger partial charge in [-0.3, -0.25) is 9.59 Å². The van der Waals surface area contributed by atoms with E-state index in [0.717, 1.165) is 22.9 Å². The number of carbonyl (C=O) groups excluding carboxylic acids is 1. The molecule has 2 aromatic rings. The predicted octanol–water partition coefficient (Wildman–Crippen LogP) is 1.44. The maximum atomic E-state index is 11.6. The maximum Gasteiger partial charge on any atom is 0.305 e. The van der Waals surface area contributed by atoms with Crippen molar-refractivity contribution in [2.45, 2.75) is 18.6 Å². The third kappa shape index (κ3) is 4.29. The monoisotopic (exact) mass is 359 g/mol. The van der Waals surface area contributed by atoms with Crippen molar-refractivity contribution < 1.29 is 19.2 Å². The highest BCUT2D eigenvalue weighted by Gasteiger charge is 2.32. The molecule has 1 fully saturated rings. The van der Waals surface area contributed by atoms with Crippen LogP contribution in [-0.2, 0) is 9.59 Å². The van der Waals surface area contributed by atoms with Gasteiger partial charge in [-0.15, -0.1) is 5.10 Å². The highest BCUT2D eigenvalue weighted by atomic mass is 32.2. The molecular weight excluding hydrogens is 346 g/mol. The number of amides is 1. The molecule has 0 aliphatic carbocycles. The number of aliphatic carboxylic acids is 1. The molecule has 25 heavy (non-hydrogen) atoms. The van der Waals surface area contributed by atoms with E-state index in [-0.39, 0.29) is 17.5 Å². The number of aromatic nitrogens is 2. The van der Waals surface area contributed by atoms with Crippen LogP contribution in [0, 0.1) is 6.92 Å². The number of hydrogen-bond donors (Lipinski definition) is 2. The van der Waals surface area contributed by atoms with E-state index in [1.165, 1.54) is 6.21 Å². The summed E-state index contributed by atoms with van der Waals surface area (Å²) < 4.78 is 4.93. The topological polar surface area (TPSA) is 130 Å². The largest absolute Gasteiger partial charge is 0.481 e. The number of hydrogen-bond acceptors (Lipinski definition) is 8. The summed E-state index contributed by atoms with van der Waals surface area (Å²) in [5.41, 5.74) is 1.61. The van der Waals surface area contributed by atoms with Crippen molar-refractivity contribution >= 4 is 35.0 Å². The molecular formula is C15H13N5O4S. The fraction of sp³-hybridized carbons (Fsp3) is 0.200. The number of carboxylic acids is 1. The van der Waals surface area contributed by atoms with Crippen molar-refractivity contribution in [2.75, 3.05) is 0 Å². The van der Waals surface area contributed by atoms with Gasteiger partial charge in [-0.2, -0.15) is 10.1 Å². The molecule has 2 N–H and O–H groups in total. The van der Waals surface area contributed by atoms with Crippen LogP contribution in [0.5, 0.6) is 0 Å². The summed E-state index contributed by atoms with van der Waals surface area (Å²) in [7, 11) is 0. The average molecular weight is 359 g/mol. The minimum Gasteiger partial charge on any atom is -0.481 e. The van der Waals surface area contributed by atoms with Gasteiger partial charge in [0, 0.05) is 12.5 Å². The van der Waals surface area contributed by atoms with Crippen LogP contribution < -0.4 is 5.32 Å². The van der Waals surface area contributed by atoms with Crippen molar-refractivity contribution in [1.29, 1.82) is 0 Å². The molecule has 2 heterocycles. The fourth-order valence-corrected chi connectivity index (χ4v) is 2.94. The Morgan fingerprint density at radius 1 is 1.44 bits per heavy atom. The summed E-state index contributed by atoms with van der Waals surface area (Å²) in [4.78, 5) is 26.4. The minimum atomic E-state index is -1.03. The predicted molar refractivity (Wildman–Crippen MR) is 91.3 cm³/mol. The Labute approximate surface area is 146 Å². The Bertz CT molecular complexity index is 859. The molecule has 10 heteroatoms. The molecule has 0 spiro atoms. The van der Waals surface area contributed by atoms with Crippen LogP contribution in [0.2, 0.25) is 0 Å². The first-order valence-corrected chi connectivity index (χ1v) is 8.10. The third-order valence-corrected chi connectivity index (χ3v) is 4.26. The van der Waals surface area contributed by atoms with Crippen LogP contribution in [-0.4, -0.2) is 43.8 Å². The number of aryl methyl sites for hydroxylation is 1. The molecule has 1 unspecified atom stereocenters. The Balaban J connectivity index is 1.62. The molecule has 1 aliphatic heterocycles. The Morgan fingerprint density at radius 2 is 2.20 bits per heavy atom. The zero-order valence-corrected chi connectivity index (χ0v) is 13.9. The molecule has 1 aromatic carbocycles. The first-order valence-electron chi connectivity index (χ1n) is 7.22. The second kappa shape index (κ2) is 7.26. The van der Waals surface area contributed by atoms with Crippen LogP contribution in [0.1, 0.15) is 17.9 Å². The summed E-state index contributed by atoms with van der Waals surface area (Å²) in [5, 5.41) is 22.5. The lowest BCUT2D eigenvalue weighted by atomic mass is 10.1. The standard InChI is InChI=1S/C15H13N5O4S/c1-8-17-13(20-24-8)10-4-2-9(3-5-10)7-16-19-15-18-14(23)11(25-15)6-12(21)22/h2-5,7,11H,6H2,1H3,(H,21,22)(H,18,19,23). The van der Waals surface area contributed by atoms with Gasteiger partial charge in [-0.1, -0.05) is 41.2 Å². The van der Waals surface area contributed by atoms with E-state index < -0.39 is 11.2 Å². The lowest BCUT2D eigenvalue weighted by Gasteiger charge is -1.97. The quantitative estimate of drug-likeness (QED) is 0.610. The highest BCUT2D eigenvalue weighted by Crippen LogP contribution is 2.22. The molecule has 1 atom stereocenters. The van der Waals surface area contributed by atoms with Gasteiger partial charge in [-0.25, -0.2) is 0 Å². The van der Waals surface area contributed by atoms with Crippen LogP contribution in [0.25, 0.3) is 11.4 Å². The maximum absolute atomic E-state index is 11.6. The molecule has 9 nitrogen and oxygen atoms in total. The van der Waals surface area contributed by atoms with Gasteiger partial charge in [0.25, 0.3) is 0 Å². The second-order valence-electron chi connectivity index (χ2n) is 5.10. The number of thioether (sulfide) groups is 1. The zero-order chi connectivity index (χ0) is 17.8. The van der Waals surface area contributed by atoms with Gasteiger partial charge < -0.3 is 14.9 Å². The second-order valence-corrected chi connectivity index (χ2v) is 6.29. The van der Waals surface area contributed by atoms with Crippen LogP contribution in [0.3, 0.4) is 0 Å². The number of nitrogens with zero attached hydrogens (tertiary/aromatic N) is 4. The third-order valence-electron chi connectivity index (χ3n) is 3.19. The Hall–Kier alpha value is -3.01. The molecule has 0 saturated carbocycles. The van der Waals surface area contributed by atoms with Crippen molar-refractivity contribution in [1.82, 2.24) is 15.5 Å². The highest BCUT2D eigenvalue weighted by molar-refractivity contribution is 8.15. The summed E-state index contributed by atoms with van der Waals surface area (Å²) >= 11 is 1.05. The van der Waals surface area contributed by atoms with Crippen LogP contribution >= 0.6 is 11.8 Å². The van der Waals surface area contributed by atoms with E-state index in [9.17, 15) is 9.59 Å². The van der Waals surface area contributed by atoms with Gasteiger partial charge >= 0.3 is 5.97 Å². The Morgan fingerprint density at radius 3 is 2.84 bits per heavy atom. The van der Waals surface area contributed by atoms with Crippen molar-refractivity contribution in [3.8, 4) is 11.4 Å². The molecule has 1 aromatic heterocycles. The van der Waals surface area contributed by atoms with E-state index in [1.54, 1.807) is 6.92 Å². The van der Waals surface area contributed by atoms with Crippen molar-refractivity contribution in [3.05, 3.63) is 35.7 Å². The molecule has 1 aliphatic rings. The van der Waals surface area contributed by atoms with Crippen LogP contribution in [0.4, 0.5) is 0 Å². The molecule has 128 valence electrons. The van der Waals surface area contributed by atoms with Gasteiger partial charge in [0.1, 0.15) is 5.25 Å². The Kier molecular flexibility index (Phi) is 4.89. The number of nitrogens with one attached hydrogen (secondary N) is 1. The summed E-state index contributed by atoms with van der Waals surface area (Å²) in [6.07, 6.45) is 1.27. The number of carboxylic acid groups (broad SMARTS) is 1. The number of rotatable bonds is 5. The SMILES string of the molecule is Cc1nc(-c2ccc(C=NN=C3NC(=O)C(CC(=O)O)S3)cc2)no1. The summed E-state index contributed by atoms with van der Waals surface area (Å²) in [5.74, 6) is -0.403.